The molecule has 3 rings (SSSR count). The summed E-state index contributed by atoms with van der Waals surface area (Å²) in [6, 6.07) is 0. The minimum absolute atomic E-state index is 0.338. The highest BCUT2D eigenvalue weighted by Gasteiger charge is 2.14. The molecule has 1 aliphatic heterocycles. The molecule has 0 amide bonds. The highest BCUT2D eigenvalue weighted by atomic mass is 16.5. The van der Waals surface area contributed by atoms with Gasteiger partial charge in [-0.2, -0.15) is 0 Å². The molecule has 1 saturated heterocycles. The van der Waals surface area contributed by atoms with Crippen LogP contribution in [0.3, 0.4) is 0 Å². The van der Waals surface area contributed by atoms with Crippen LogP contribution in [-0.2, 0) is 11.3 Å². The number of nitrogens with zero attached hydrogens (tertiary/aromatic N) is 4. The number of hydrogen-bond acceptors (Lipinski definition) is 5. The lowest BCUT2D eigenvalue weighted by molar-refractivity contribution is 0.0174. The summed E-state index contributed by atoms with van der Waals surface area (Å²) in [5.41, 5.74) is 0.761. The summed E-state index contributed by atoms with van der Waals surface area (Å²) in [7, 11) is 0. The Hall–Kier alpha value is -1.53. The smallest absolute Gasteiger partial charge is 0.179 e. The van der Waals surface area contributed by atoms with Crippen LogP contribution in [0.15, 0.2) is 18.6 Å². The number of hydrogen-bond donors (Lipinski definition) is 1. The molecule has 1 aliphatic rings. The van der Waals surface area contributed by atoms with E-state index in [1.807, 2.05) is 10.6 Å². The van der Waals surface area contributed by atoms with Gasteiger partial charge in [0.2, 0.25) is 0 Å². The van der Waals surface area contributed by atoms with E-state index >= 15 is 0 Å². The van der Waals surface area contributed by atoms with E-state index in [0.717, 1.165) is 37.4 Å². The number of fused-ring (bicyclic) bond motifs is 1. The van der Waals surface area contributed by atoms with Crippen molar-refractivity contribution in [2.24, 2.45) is 0 Å². The van der Waals surface area contributed by atoms with Crippen molar-refractivity contribution in [1.82, 2.24) is 24.9 Å². The number of aromatic nitrogens is 4. The van der Waals surface area contributed by atoms with Crippen molar-refractivity contribution >= 4 is 5.65 Å². The fraction of sp³-hybridized carbons (Fsp3) is 0.545. The first-order chi connectivity index (χ1) is 8.43. The van der Waals surface area contributed by atoms with Crippen LogP contribution in [0.4, 0.5) is 0 Å². The Morgan fingerprint density at radius 2 is 2.24 bits per heavy atom. The van der Waals surface area contributed by atoms with Gasteiger partial charge in [-0.15, -0.1) is 10.2 Å². The number of nitrogens with one attached hydrogen (secondary N) is 1. The highest BCUT2D eigenvalue weighted by molar-refractivity contribution is 5.33. The van der Waals surface area contributed by atoms with Crippen LogP contribution < -0.4 is 5.32 Å². The van der Waals surface area contributed by atoms with E-state index < -0.39 is 0 Å². The molecule has 0 unspecified atom stereocenters. The molecule has 17 heavy (non-hydrogen) atoms. The van der Waals surface area contributed by atoms with E-state index in [2.05, 4.69) is 20.5 Å². The molecule has 3 heterocycles. The zero-order valence-corrected chi connectivity index (χ0v) is 9.54. The number of rotatable bonds is 3. The predicted octanol–water partition coefficient (Wildman–Crippen LogP) is 0.393. The second-order valence-corrected chi connectivity index (χ2v) is 4.18. The average Bonchev–Trinajstić information content (AvgIpc) is 2.81. The van der Waals surface area contributed by atoms with Gasteiger partial charge >= 0.3 is 0 Å². The second kappa shape index (κ2) is 4.77. The summed E-state index contributed by atoms with van der Waals surface area (Å²) in [4.78, 5) is 4.00. The van der Waals surface area contributed by atoms with Crippen LogP contribution in [-0.4, -0.2) is 38.8 Å². The van der Waals surface area contributed by atoms with Gasteiger partial charge < -0.3 is 10.1 Å². The Labute approximate surface area is 99.0 Å². The SMILES string of the molecule is c1cn2c(COC3CCNCC3)nnc2cn1. The molecule has 1 N–H and O–H groups in total. The fourth-order valence-corrected chi connectivity index (χ4v) is 2.06. The summed E-state index contributed by atoms with van der Waals surface area (Å²) < 4.78 is 7.76. The monoisotopic (exact) mass is 233 g/mol. The van der Waals surface area contributed by atoms with Gasteiger partial charge in [0, 0.05) is 12.4 Å². The number of ether oxygens (including phenoxy) is 1. The second-order valence-electron chi connectivity index (χ2n) is 4.18. The van der Waals surface area contributed by atoms with Crippen molar-refractivity contribution in [3.63, 3.8) is 0 Å². The lowest BCUT2D eigenvalue weighted by atomic mass is 10.1. The van der Waals surface area contributed by atoms with Crippen molar-refractivity contribution in [1.29, 1.82) is 0 Å². The Morgan fingerprint density at radius 1 is 1.35 bits per heavy atom. The normalized spacial score (nSPS) is 17.6. The zero-order valence-electron chi connectivity index (χ0n) is 9.54. The van der Waals surface area contributed by atoms with Crippen molar-refractivity contribution in [3.8, 4) is 0 Å². The molecule has 0 saturated carbocycles. The topological polar surface area (TPSA) is 64.3 Å². The summed E-state index contributed by atoms with van der Waals surface area (Å²) >= 11 is 0. The minimum atomic E-state index is 0.338. The first kappa shape index (κ1) is 10.6. The lowest BCUT2D eigenvalue weighted by Crippen LogP contribution is -2.32. The van der Waals surface area contributed by atoms with Gasteiger partial charge in [-0.3, -0.25) is 9.38 Å². The maximum atomic E-state index is 5.85. The predicted molar refractivity (Wildman–Crippen MR) is 61.5 cm³/mol. The Kier molecular flexibility index (Phi) is 2.98. The maximum Gasteiger partial charge on any atom is 0.179 e. The average molecular weight is 233 g/mol. The van der Waals surface area contributed by atoms with Gasteiger partial charge in [0.05, 0.1) is 12.3 Å². The van der Waals surface area contributed by atoms with E-state index in [4.69, 9.17) is 4.74 Å². The first-order valence-corrected chi connectivity index (χ1v) is 5.89. The molecule has 0 bridgehead atoms. The third-order valence-corrected chi connectivity index (χ3v) is 3.02. The van der Waals surface area contributed by atoms with Crippen molar-refractivity contribution in [3.05, 3.63) is 24.4 Å². The molecule has 6 nitrogen and oxygen atoms in total. The van der Waals surface area contributed by atoms with Gasteiger partial charge in [-0.25, -0.2) is 0 Å². The van der Waals surface area contributed by atoms with Crippen LogP contribution in [0.5, 0.6) is 0 Å². The zero-order chi connectivity index (χ0) is 11.5. The Balaban J connectivity index is 1.68. The largest absolute Gasteiger partial charge is 0.370 e. The van der Waals surface area contributed by atoms with Crippen LogP contribution >= 0.6 is 0 Å². The van der Waals surface area contributed by atoms with Gasteiger partial charge in [-0.1, -0.05) is 0 Å². The quantitative estimate of drug-likeness (QED) is 0.831. The third kappa shape index (κ3) is 2.27. The summed E-state index contributed by atoms with van der Waals surface area (Å²) in [6.07, 6.45) is 7.75. The first-order valence-electron chi connectivity index (χ1n) is 5.89. The van der Waals surface area contributed by atoms with Crippen molar-refractivity contribution in [2.75, 3.05) is 13.1 Å². The highest BCUT2D eigenvalue weighted by Crippen LogP contribution is 2.10. The van der Waals surface area contributed by atoms with Crippen LogP contribution in [0.25, 0.3) is 5.65 Å². The molecule has 2 aromatic heterocycles. The number of piperidine rings is 1. The maximum absolute atomic E-state index is 5.85. The fourth-order valence-electron chi connectivity index (χ4n) is 2.06. The molecule has 1 fully saturated rings. The van der Waals surface area contributed by atoms with Gasteiger partial charge in [0.25, 0.3) is 0 Å². The molecule has 0 spiro atoms. The van der Waals surface area contributed by atoms with E-state index in [9.17, 15) is 0 Å². The molecule has 0 atom stereocenters. The summed E-state index contributed by atoms with van der Waals surface area (Å²) in [5.74, 6) is 0.834. The molecular formula is C11H15N5O. The van der Waals surface area contributed by atoms with E-state index in [1.54, 1.807) is 12.4 Å². The van der Waals surface area contributed by atoms with Crippen LogP contribution in [0.2, 0.25) is 0 Å². The molecular weight excluding hydrogens is 218 g/mol. The molecule has 2 aromatic rings. The minimum Gasteiger partial charge on any atom is -0.370 e. The van der Waals surface area contributed by atoms with E-state index in [-0.39, 0.29) is 0 Å². The van der Waals surface area contributed by atoms with E-state index in [1.165, 1.54) is 0 Å². The van der Waals surface area contributed by atoms with Crippen LogP contribution in [0, 0.1) is 0 Å². The molecule has 0 aromatic carbocycles. The van der Waals surface area contributed by atoms with Crippen LogP contribution in [0.1, 0.15) is 18.7 Å². The van der Waals surface area contributed by atoms with Gasteiger partial charge in [-0.05, 0) is 25.9 Å². The Morgan fingerprint density at radius 3 is 3.12 bits per heavy atom. The molecule has 6 heteroatoms. The molecule has 0 radical (unpaired) electrons. The molecule has 90 valence electrons. The molecule has 0 aliphatic carbocycles. The van der Waals surface area contributed by atoms with Crippen molar-refractivity contribution < 1.29 is 4.74 Å². The standard InChI is InChI=1S/C11H15N5O/c1-3-12-4-2-9(1)17-8-11-15-14-10-7-13-5-6-16(10)11/h5-7,9,12H,1-4,8H2. The summed E-state index contributed by atoms with van der Waals surface area (Å²) in [5, 5.41) is 11.5. The lowest BCUT2D eigenvalue weighted by Gasteiger charge is -2.22. The Bertz CT molecular complexity index is 491. The summed E-state index contributed by atoms with van der Waals surface area (Å²) in [6.45, 7) is 2.58. The van der Waals surface area contributed by atoms with E-state index in [0.29, 0.717) is 12.7 Å². The third-order valence-electron chi connectivity index (χ3n) is 3.02. The van der Waals surface area contributed by atoms with Crippen molar-refractivity contribution in [2.45, 2.75) is 25.6 Å². The van der Waals surface area contributed by atoms with Gasteiger partial charge in [0.1, 0.15) is 6.61 Å². The van der Waals surface area contributed by atoms with Gasteiger partial charge in [0.15, 0.2) is 11.5 Å².